The third kappa shape index (κ3) is 5.95. The van der Waals surface area contributed by atoms with E-state index in [0.29, 0.717) is 0 Å². The Kier molecular flexibility index (Phi) is 8.86. The van der Waals surface area contributed by atoms with Gasteiger partial charge in [-0.3, -0.25) is 0 Å². The highest BCUT2D eigenvalue weighted by Gasteiger charge is 2.47. The number of benzene rings is 9. The maximum Gasteiger partial charge on any atom is 0.427 e. The molecule has 2 aliphatic rings. The van der Waals surface area contributed by atoms with E-state index in [4.69, 9.17) is 4.65 Å². The summed E-state index contributed by atoms with van der Waals surface area (Å²) >= 11 is 0. The molecule has 0 radical (unpaired) electrons. The molecule has 0 saturated heterocycles. The van der Waals surface area contributed by atoms with Gasteiger partial charge >= 0.3 is 6.92 Å². The van der Waals surface area contributed by atoms with E-state index in [1.54, 1.807) is 0 Å². The summed E-state index contributed by atoms with van der Waals surface area (Å²) in [5.41, 5.74) is 20.9. The normalized spacial score (nSPS) is 13.4. The molecule has 9 aromatic rings. The molecule has 2 aliphatic heterocycles. The van der Waals surface area contributed by atoms with Crippen molar-refractivity contribution in [2.24, 2.45) is 0 Å². The molecule has 3 heteroatoms. The molecule has 2 heterocycles. The van der Waals surface area contributed by atoms with E-state index < -0.39 is 5.41 Å². The lowest BCUT2D eigenvalue weighted by Gasteiger charge is -2.47. The summed E-state index contributed by atoms with van der Waals surface area (Å²) in [5.74, 6) is 0.906. The van der Waals surface area contributed by atoms with E-state index in [2.05, 4.69) is 238 Å². The van der Waals surface area contributed by atoms with Crippen molar-refractivity contribution >= 4 is 34.9 Å². The molecule has 0 fully saturated rings. The smallest absolute Gasteiger partial charge is 0.427 e. The second-order valence-corrected chi connectivity index (χ2v) is 16.6. The van der Waals surface area contributed by atoms with E-state index in [1.165, 1.54) is 77.7 Å². The topological polar surface area (TPSA) is 12.5 Å². The number of nitrogens with zero attached hydrogens (tertiary/aromatic N) is 1. The first-order valence-electron chi connectivity index (χ1n) is 21.3. The molecule has 0 bridgehead atoms. The summed E-state index contributed by atoms with van der Waals surface area (Å²) in [5, 5.41) is 0. The van der Waals surface area contributed by atoms with Crippen LogP contribution in [0, 0.1) is 20.8 Å². The van der Waals surface area contributed by atoms with Crippen LogP contribution in [0.15, 0.2) is 212 Å². The molecule has 0 amide bonds. The van der Waals surface area contributed by atoms with Gasteiger partial charge in [0.15, 0.2) is 0 Å². The number of hydrogen-bond acceptors (Lipinski definition) is 2. The molecule has 0 spiro atoms. The maximum absolute atomic E-state index is 6.97. The van der Waals surface area contributed by atoms with Crippen LogP contribution in [0.25, 0.3) is 33.4 Å². The van der Waals surface area contributed by atoms with Crippen molar-refractivity contribution in [3.8, 4) is 39.1 Å². The largest absolute Gasteiger partial charge is 0.551 e. The molecule has 290 valence electrons. The predicted molar refractivity (Wildman–Crippen MR) is 256 cm³/mol. The average molecular weight is 782 g/mol. The monoisotopic (exact) mass is 781 g/mol. The number of hydrogen-bond donors (Lipinski definition) is 0. The maximum atomic E-state index is 6.97. The fourth-order valence-electron chi connectivity index (χ4n) is 10.3. The Morgan fingerprint density at radius 1 is 0.426 bits per heavy atom. The molecule has 0 unspecified atom stereocenters. The molecule has 0 saturated carbocycles. The van der Waals surface area contributed by atoms with Gasteiger partial charge in [-0.1, -0.05) is 187 Å². The lowest BCUT2D eigenvalue weighted by molar-refractivity contribution is 0.590. The molecular formula is C58H44BNO. The van der Waals surface area contributed by atoms with Gasteiger partial charge in [-0.2, -0.15) is 0 Å². The second-order valence-electron chi connectivity index (χ2n) is 16.6. The van der Waals surface area contributed by atoms with Crippen LogP contribution in [0.5, 0.6) is 5.75 Å². The first-order chi connectivity index (χ1) is 30.0. The van der Waals surface area contributed by atoms with E-state index in [9.17, 15) is 0 Å². The lowest BCUT2D eigenvalue weighted by Crippen LogP contribution is -2.52. The third-order valence-electron chi connectivity index (χ3n) is 12.9. The quantitative estimate of drug-likeness (QED) is 0.156. The fraction of sp³-hybridized carbons (Fsp3) is 0.0690. The van der Waals surface area contributed by atoms with Gasteiger partial charge in [0, 0.05) is 11.3 Å². The zero-order valence-corrected chi connectivity index (χ0v) is 34.6. The van der Waals surface area contributed by atoms with Gasteiger partial charge in [-0.15, -0.1) is 0 Å². The minimum absolute atomic E-state index is 0.230. The molecule has 2 nitrogen and oxygen atoms in total. The summed E-state index contributed by atoms with van der Waals surface area (Å²) in [7, 11) is 0. The highest BCUT2D eigenvalue weighted by atomic mass is 16.4. The molecule has 0 atom stereocenters. The minimum atomic E-state index is -0.653. The minimum Gasteiger partial charge on any atom is -0.551 e. The zero-order chi connectivity index (χ0) is 41.1. The fourth-order valence-corrected chi connectivity index (χ4v) is 10.3. The standard InChI is InChI=1S/C58H44BNO/c1-39-34-40(2)57(41(3)35-39)59-53-31-30-48(38-50(53)49-26-16-17-27-56(49)61-59)60-54-32-28-44(42-18-8-4-9-19-42)36-51(54)58(46-22-12-6-13-23-46,47-24-14-7-15-25-47)52-37-45(29-33-55(52)60)43-20-10-5-11-21-43/h4-38H,1-3H3. The number of anilines is 3. The number of para-hydroxylation sites is 1. The Morgan fingerprint density at radius 3 is 1.46 bits per heavy atom. The van der Waals surface area contributed by atoms with E-state index in [1.807, 2.05) is 0 Å². The van der Waals surface area contributed by atoms with Crippen LogP contribution in [-0.4, -0.2) is 6.92 Å². The van der Waals surface area contributed by atoms with Gasteiger partial charge in [-0.25, -0.2) is 0 Å². The van der Waals surface area contributed by atoms with E-state index in [0.717, 1.165) is 28.4 Å². The summed E-state index contributed by atoms with van der Waals surface area (Å²) in [6.45, 7) is 6.37. The summed E-state index contributed by atoms with van der Waals surface area (Å²) in [6.07, 6.45) is 0. The van der Waals surface area contributed by atoms with Crippen molar-refractivity contribution < 1.29 is 4.65 Å². The molecular weight excluding hydrogens is 737 g/mol. The third-order valence-corrected chi connectivity index (χ3v) is 12.9. The molecule has 61 heavy (non-hydrogen) atoms. The second kappa shape index (κ2) is 14.7. The summed E-state index contributed by atoms with van der Waals surface area (Å²) in [4.78, 5) is 2.51. The van der Waals surface area contributed by atoms with Crippen LogP contribution in [0.3, 0.4) is 0 Å². The number of fused-ring (bicyclic) bond motifs is 5. The SMILES string of the molecule is Cc1cc(C)c(B2Oc3ccccc3-c3cc(N4c5ccc(-c6ccccc6)cc5C(c5ccccc5)(c5ccccc5)c5cc(-c6ccccc6)ccc54)ccc32)c(C)c1. The lowest BCUT2D eigenvalue weighted by atomic mass is 9.50. The van der Waals surface area contributed by atoms with Gasteiger partial charge < -0.3 is 9.55 Å². The Morgan fingerprint density at radius 2 is 0.918 bits per heavy atom. The first kappa shape index (κ1) is 36.7. The average Bonchev–Trinajstić information content (AvgIpc) is 3.31. The van der Waals surface area contributed by atoms with E-state index in [-0.39, 0.29) is 6.92 Å². The Bertz CT molecular complexity index is 2930. The van der Waals surface area contributed by atoms with Gasteiger partial charge in [0.2, 0.25) is 0 Å². The Hall–Kier alpha value is -7.36. The van der Waals surface area contributed by atoms with Crippen molar-refractivity contribution in [1.82, 2.24) is 0 Å². The van der Waals surface area contributed by atoms with Crippen molar-refractivity contribution in [3.63, 3.8) is 0 Å². The number of rotatable bonds is 6. The van der Waals surface area contributed by atoms with Crippen LogP contribution < -0.4 is 20.5 Å². The molecule has 0 N–H and O–H groups in total. The van der Waals surface area contributed by atoms with Crippen LogP contribution in [0.2, 0.25) is 0 Å². The van der Waals surface area contributed by atoms with Crippen molar-refractivity contribution in [3.05, 3.63) is 251 Å². The van der Waals surface area contributed by atoms with Gasteiger partial charge in [0.1, 0.15) is 5.75 Å². The van der Waals surface area contributed by atoms with Crippen molar-refractivity contribution in [2.45, 2.75) is 26.2 Å². The van der Waals surface area contributed by atoms with Crippen molar-refractivity contribution in [1.29, 1.82) is 0 Å². The highest BCUT2D eigenvalue weighted by Crippen LogP contribution is 2.59. The van der Waals surface area contributed by atoms with Crippen molar-refractivity contribution in [2.75, 3.05) is 4.90 Å². The number of aryl methyl sites for hydroxylation is 3. The van der Waals surface area contributed by atoms with Crippen LogP contribution >= 0.6 is 0 Å². The van der Waals surface area contributed by atoms with Gasteiger partial charge in [0.05, 0.1) is 16.8 Å². The van der Waals surface area contributed by atoms with E-state index >= 15 is 0 Å². The zero-order valence-electron chi connectivity index (χ0n) is 34.6. The molecule has 0 aromatic heterocycles. The molecule has 9 aromatic carbocycles. The van der Waals surface area contributed by atoms with Crippen LogP contribution in [0.1, 0.15) is 38.9 Å². The first-order valence-corrected chi connectivity index (χ1v) is 21.3. The molecule has 11 rings (SSSR count). The van der Waals surface area contributed by atoms with Gasteiger partial charge in [-0.05, 0) is 124 Å². The van der Waals surface area contributed by atoms with Crippen LogP contribution in [0.4, 0.5) is 17.1 Å². The van der Waals surface area contributed by atoms with Crippen LogP contribution in [-0.2, 0) is 5.41 Å². The predicted octanol–water partition coefficient (Wildman–Crippen LogP) is 13.3. The summed E-state index contributed by atoms with van der Waals surface area (Å²) < 4.78 is 6.97. The summed E-state index contributed by atoms with van der Waals surface area (Å²) in [6, 6.07) is 78.1. The Labute approximate surface area is 359 Å². The van der Waals surface area contributed by atoms with Gasteiger partial charge in [0.25, 0.3) is 0 Å². The highest BCUT2D eigenvalue weighted by molar-refractivity contribution is 6.83. The molecule has 0 aliphatic carbocycles. The Balaban J connectivity index is 1.22.